The fraction of sp³-hybridized carbons (Fsp3) is 1.00. The summed E-state index contributed by atoms with van der Waals surface area (Å²) in [4.78, 5) is 0. The van der Waals surface area contributed by atoms with Crippen LogP contribution in [0.3, 0.4) is 0 Å². The Kier molecular flexibility index (Phi) is 6.35. The second kappa shape index (κ2) is 6.39. The zero-order valence-electron chi connectivity index (χ0n) is 9.47. The van der Waals surface area contributed by atoms with Crippen LogP contribution < -0.4 is 11.5 Å². The zero-order chi connectivity index (χ0) is 10.3. The lowest BCUT2D eigenvalue weighted by atomic mass is 9.80. The molecule has 0 heterocycles. The van der Waals surface area contributed by atoms with Crippen molar-refractivity contribution in [2.24, 2.45) is 22.8 Å². The van der Waals surface area contributed by atoms with Gasteiger partial charge in [-0.15, -0.1) is 0 Å². The van der Waals surface area contributed by atoms with E-state index in [4.69, 9.17) is 11.5 Å². The molecule has 4 N–H and O–H groups in total. The van der Waals surface area contributed by atoms with Gasteiger partial charge in [0.25, 0.3) is 0 Å². The van der Waals surface area contributed by atoms with Crippen LogP contribution in [0.25, 0.3) is 0 Å². The molecule has 0 amide bonds. The van der Waals surface area contributed by atoms with Crippen LogP contribution >= 0.6 is 0 Å². The second-order valence-corrected chi connectivity index (χ2v) is 4.59. The van der Waals surface area contributed by atoms with Gasteiger partial charge in [0.15, 0.2) is 0 Å². The van der Waals surface area contributed by atoms with E-state index < -0.39 is 0 Å². The smallest absolute Gasteiger partial charge is 0.00233 e. The van der Waals surface area contributed by atoms with Gasteiger partial charge in [-0.2, -0.15) is 0 Å². The van der Waals surface area contributed by atoms with Crippen LogP contribution in [0.1, 0.15) is 46.5 Å². The average Bonchev–Trinajstić information content (AvgIpc) is 2.15. The predicted molar refractivity (Wildman–Crippen MR) is 59.5 cm³/mol. The first-order chi connectivity index (χ1) is 6.08. The molecule has 0 saturated carbocycles. The highest BCUT2D eigenvalue weighted by Crippen LogP contribution is 2.28. The van der Waals surface area contributed by atoms with Crippen molar-refractivity contribution >= 4 is 0 Å². The highest BCUT2D eigenvalue weighted by atomic mass is 14.6. The molecule has 13 heavy (non-hydrogen) atoms. The van der Waals surface area contributed by atoms with E-state index in [-0.39, 0.29) is 0 Å². The van der Waals surface area contributed by atoms with Crippen LogP contribution in [0.5, 0.6) is 0 Å². The maximum atomic E-state index is 5.75. The highest BCUT2D eigenvalue weighted by molar-refractivity contribution is 4.74. The van der Waals surface area contributed by atoms with Crippen LogP contribution in [-0.4, -0.2) is 13.1 Å². The number of hydrogen-bond donors (Lipinski definition) is 2. The number of rotatable bonds is 7. The van der Waals surface area contributed by atoms with Crippen LogP contribution in [-0.2, 0) is 0 Å². The third kappa shape index (κ3) is 5.27. The van der Waals surface area contributed by atoms with Gasteiger partial charge in [-0.05, 0) is 43.7 Å². The second-order valence-electron chi connectivity index (χ2n) is 4.59. The Hall–Kier alpha value is -0.0800. The molecule has 2 atom stereocenters. The Labute approximate surface area is 83.1 Å². The van der Waals surface area contributed by atoms with Crippen molar-refractivity contribution in [1.82, 2.24) is 0 Å². The Morgan fingerprint density at radius 2 is 1.85 bits per heavy atom. The van der Waals surface area contributed by atoms with Crippen LogP contribution in [0, 0.1) is 11.3 Å². The highest BCUT2D eigenvalue weighted by Gasteiger charge is 2.20. The lowest BCUT2D eigenvalue weighted by Crippen LogP contribution is -2.27. The molecule has 0 rings (SSSR count). The van der Waals surface area contributed by atoms with Crippen molar-refractivity contribution in [3.63, 3.8) is 0 Å². The van der Waals surface area contributed by atoms with Crippen LogP contribution in [0.4, 0.5) is 0 Å². The summed E-state index contributed by atoms with van der Waals surface area (Å²) in [7, 11) is 0. The van der Waals surface area contributed by atoms with E-state index >= 15 is 0 Å². The van der Waals surface area contributed by atoms with E-state index in [1.165, 1.54) is 19.3 Å². The van der Waals surface area contributed by atoms with Crippen molar-refractivity contribution in [2.45, 2.75) is 46.5 Å². The monoisotopic (exact) mass is 186 g/mol. The lowest BCUT2D eigenvalue weighted by molar-refractivity contribution is 0.265. The molecule has 0 aliphatic heterocycles. The van der Waals surface area contributed by atoms with Crippen molar-refractivity contribution in [2.75, 3.05) is 13.1 Å². The Morgan fingerprint density at radius 3 is 2.23 bits per heavy atom. The maximum Gasteiger partial charge on any atom is -0.00233 e. The summed E-state index contributed by atoms with van der Waals surface area (Å²) in [5, 5.41) is 0. The summed E-state index contributed by atoms with van der Waals surface area (Å²) >= 11 is 0. The molecular weight excluding hydrogens is 160 g/mol. The van der Waals surface area contributed by atoms with E-state index in [2.05, 4.69) is 20.8 Å². The van der Waals surface area contributed by atoms with E-state index in [1.807, 2.05) is 0 Å². The first-order valence-electron chi connectivity index (χ1n) is 5.48. The Balaban J connectivity index is 3.71. The minimum absolute atomic E-state index is 0.350. The van der Waals surface area contributed by atoms with E-state index in [1.54, 1.807) is 0 Å². The van der Waals surface area contributed by atoms with Gasteiger partial charge in [-0.1, -0.05) is 27.2 Å². The molecule has 0 aliphatic rings. The van der Waals surface area contributed by atoms with Crippen molar-refractivity contribution < 1.29 is 0 Å². The van der Waals surface area contributed by atoms with E-state index in [9.17, 15) is 0 Å². The Bertz CT molecular complexity index is 119. The molecule has 0 bridgehead atoms. The summed E-state index contributed by atoms with van der Waals surface area (Å²) in [5.74, 6) is 0.752. The fourth-order valence-electron chi connectivity index (χ4n) is 1.45. The first-order valence-corrected chi connectivity index (χ1v) is 5.48. The largest absolute Gasteiger partial charge is 0.330 e. The lowest BCUT2D eigenvalue weighted by Gasteiger charge is -2.27. The van der Waals surface area contributed by atoms with Gasteiger partial charge >= 0.3 is 0 Å². The number of hydrogen-bond acceptors (Lipinski definition) is 2. The molecule has 0 saturated heterocycles. The molecular formula is C11H26N2. The van der Waals surface area contributed by atoms with Gasteiger partial charge in [0.1, 0.15) is 0 Å². The Morgan fingerprint density at radius 1 is 1.23 bits per heavy atom. The fourth-order valence-corrected chi connectivity index (χ4v) is 1.45. The first kappa shape index (κ1) is 12.9. The van der Waals surface area contributed by atoms with Crippen molar-refractivity contribution in [3.05, 3.63) is 0 Å². The van der Waals surface area contributed by atoms with Gasteiger partial charge in [0.05, 0.1) is 0 Å². The molecule has 0 aliphatic carbocycles. The molecule has 80 valence electrons. The van der Waals surface area contributed by atoms with E-state index in [0.29, 0.717) is 5.41 Å². The standard InChI is InChI=1S/C11H26N2/c1-4-11(3,9-13)7-5-10(2)6-8-12/h10H,4-9,12-13H2,1-3H3. The van der Waals surface area contributed by atoms with Crippen molar-refractivity contribution in [1.29, 1.82) is 0 Å². The molecule has 0 aromatic heterocycles. The summed E-state index contributed by atoms with van der Waals surface area (Å²) in [6.07, 6.45) is 4.82. The molecule has 0 aromatic rings. The van der Waals surface area contributed by atoms with Crippen molar-refractivity contribution in [3.8, 4) is 0 Å². The summed E-state index contributed by atoms with van der Waals surface area (Å²) in [6.45, 7) is 8.40. The summed E-state index contributed by atoms with van der Waals surface area (Å²) in [6, 6.07) is 0. The zero-order valence-corrected chi connectivity index (χ0v) is 9.47. The molecule has 2 nitrogen and oxygen atoms in total. The minimum Gasteiger partial charge on any atom is -0.330 e. The average molecular weight is 186 g/mol. The SMILES string of the molecule is CCC(C)(CN)CCC(C)CCN. The number of nitrogens with two attached hydrogens (primary N) is 2. The van der Waals surface area contributed by atoms with Crippen LogP contribution in [0.2, 0.25) is 0 Å². The normalized spacial score (nSPS) is 18.2. The van der Waals surface area contributed by atoms with Gasteiger partial charge in [-0.25, -0.2) is 0 Å². The maximum absolute atomic E-state index is 5.75. The van der Waals surface area contributed by atoms with Gasteiger partial charge in [0, 0.05) is 0 Å². The predicted octanol–water partition coefficient (Wildman–Crippen LogP) is 2.13. The molecule has 2 heteroatoms. The minimum atomic E-state index is 0.350. The molecule has 0 fully saturated rings. The summed E-state index contributed by atoms with van der Waals surface area (Å²) < 4.78 is 0. The quantitative estimate of drug-likeness (QED) is 0.640. The third-order valence-electron chi connectivity index (χ3n) is 3.25. The van der Waals surface area contributed by atoms with Crippen LogP contribution in [0.15, 0.2) is 0 Å². The van der Waals surface area contributed by atoms with Gasteiger partial charge in [0.2, 0.25) is 0 Å². The molecule has 0 spiro atoms. The molecule has 2 unspecified atom stereocenters. The molecule has 0 aromatic carbocycles. The van der Waals surface area contributed by atoms with E-state index in [0.717, 1.165) is 25.4 Å². The summed E-state index contributed by atoms with van der Waals surface area (Å²) in [5.41, 5.74) is 11.6. The van der Waals surface area contributed by atoms with Gasteiger partial charge < -0.3 is 11.5 Å². The topological polar surface area (TPSA) is 52.0 Å². The third-order valence-corrected chi connectivity index (χ3v) is 3.25. The molecule has 0 radical (unpaired) electrons. The van der Waals surface area contributed by atoms with Gasteiger partial charge in [-0.3, -0.25) is 0 Å².